The fourth-order valence-electron chi connectivity index (χ4n) is 7.57. The molecule has 0 unspecified atom stereocenters. The lowest BCUT2D eigenvalue weighted by atomic mass is 9.96. The lowest BCUT2D eigenvalue weighted by Gasteiger charge is -2.10. The molecule has 0 atom stereocenters. The second-order valence-corrected chi connectivity index (χ2v) is 14.1. The highest BCUT2D eigenvalue weighted by atomic mass is 16.3. The van der Waals surface area contributed by atoms with Gasteiger partial charge in [0.25, 0.3) is 0 Å². The minimum atomic E-state index is 0.580. The maximum Gasteiger partial charge on any atom is 0.164 e. The molecule has 0 N–H and O–H groups in total. The van der Waals surface area contributed by atoms with Crippen molar-refractivity contribution < 1.29 is 4.42 Å². The minimum Gasteiger partial charge on any atom is -0.456 e. The van der Waals surface area contributed by atoms with E-state index >= 15 is 0 Å². The summed E-state index contributed by atoms with van der Waals surface area (Å²) in [6.07, 6.45) is 0. The summed E-state index contributed by atoms with van der Waals surface area (Å²) in [5, 5.41) is 2.13. The van der Waals surface area contributed by atoms with Crippen molar-refractivity contribution in [2.45, 2.75) is 6.92 Å². The van der Waals surface area contributed by atoms with Gasteiger partial charge in [-0.25, -0.2) is 15.0 Å². The van der Waals surface area contributed by atoms with Crippen molar-refractivity contribution in [1.29, 1.82) is 0 Å². The van der Waals surface area contributed by atoms with Crippen LogP contribution in [0.3, 0.4) is 0 Å². The van der Waals surface area contributed by atoms with Gasteiger partial charge in [-0.1, -0.05) is 169 Å². The topological polar surface area (TPSA) is 51.8 Å². The zero-order valence-electron chi connectivity index (χ0n) is 30.7. The Hall–Kier alpha value is -7.43. The quantitative estimate of drug-likeness (QED) is 0.165. The molecule has 0 spiro atoms. The molecule has 0 amide bonds. The summed E-state index contributed by atoms with van der Waals surface area (Å²) in [6, 6.07) is 67.6. The molecular formula is C52H35N3O. The van der Waals surface area contributed by atoms with Crippen molar-refractivity contribution in [2.75, 3.05) is 0 Å². The van der Waals surface area contributed by atoms with Gasteiger partial charge < -0.3 is 4.42 Å². The average Bonchev–Trinajstić information content (AvgIpc) is 3.65. The molecule has 0 saturated carbocycles. The molecule has 8 aromatic carbocycles. The van der Waals surface area contributed by atoms with E-state index in [0.717, 1.165) is 72.0 Å². The van der Waals surface area contributed by atoms with Gasteiger partial charge >= 0.3 is 0 Å². The van der Waals surface area contributed by atoms with Crippen molar-refractivity contribution in [3.05, 3.63) is 200 Å². The molecule has 10 aromatic rings. The largest absolute Gasteiger partial charge is 0.456 e. The van der Waals surface area contributed by atoms with Gasteiger partial charge in [-0.3, -0.25) is 0 Å². The highest BCUT2D eigenvalue weighted by Gasteiger charge is 2.17. The van der Waals surface area contributed by atoms with Gasteiger partial charge in [-0.05, 0) is 81.8 Å². The molecule has 0 bridgehead atoms. The Morgan fingerprint density at radius 2 is 0.786 bits per heavy atom. The fourth-order valence-corrected chi connectivity index (χ4v) is 7.57. The maximum absolute atomic E-state index is 6.58. The van der Waals surface area contributed by atoms with Crippen LogP contribution in [-0.4, -0.2) is 15.0 Å². The number of rotatable bonds is 7. The summed E-state index contributed by atoms with van der Waals surface area (Å²) in [6.45, 7) is 2.12. The van der Waals surface area contributed by atoms with E-state index in [1.807, 2.05) is 18.2 Å². The lowest BCUT2D eigenvalue weighted by Crippen LogP contribution is -2.00. The van der Waals surface area contributed by atoms with Crippen LogP contribution in [0.4, 0.5) is 0 Å². The van der Waals surface area contributed by atoms with Crippen LogP contribution >= 0.6 is 0 Å². The van der Waals surface area contributed by atoms with Crippen LogP contribution in [0.25, 0.3) is 101 Å². The monoisotopic (exact) mass is 717 g/mol. The van der Waals surface area contributed by atoms with Crippen LogP contribution in [0.5, 0.6) is 0 Å². The van der Waals surface area contributed by atoms with Gasteiger partial charge in [0, 0.05) is 27.5 Å². The molecule has 0 aliphatic rings. The van der Waals surface area contributed by atoms with Crippen LogP contribution in [0, 0.1) is 6.92 Å². The van der Waals surface area contributed by atoms with Crippen molar-refractivity contribution in [3.8, 4) is 78.7 Å². The van der Waals surface area contributed by atoms with Crippen molar-refractivity contribution in [3.63, 3.8) is 0 Å². The predicted octanol–water partition coefficient (Wildman–Crippen LogP) is 13.7. The Labute approximate surface area is 325 Å². The molecule has 56 heavy (non-hydrogen) atoms. The smallest absolute Gasteiger partial charge is 0.164 e. The number of aromatic nitrogens is 3. The van der Waals surface area contributed by atoms with Crippen LogP contribution in [0.2, 0.25) is 0 Å². The van der Waals surface area contributed by atoms with E-state index in [1.54, 1.807) is 0 Å². The van der Waals surface area contributed by atoms with Gasteiger partial charge in [0.15, 0.2) is 17.5 Å². The SMILES string of the molecule is Cc1cccc(-c2cccc(-c3nc(-c4ccc(-c5ccccc5)cc4)nc(-c4ccc5c(c4)oc4cccc(-c6cccc(-c7ccccc7)c6)c45)n3)c2)c1. The van der Waals surface area contributed by atoms with E-state index < -0.39 is 0 Å². The van der Waals surface area contributed by atoms with Crippen LogP contribution < -0.4 is 0 Å². The van der Waals surface area contributed by atoms with Crippen LogP contribution in [-0.2, 0) is 0 Å². The first-order valence-corrected chi connectivity index (χ1v) is 18.8. The minimum absolute atomic E-state index is 0.580. The molecule has 264 valence electrons. The first-order chi connectivity index (χ1) is 27.6. The van der Waals surface area contributed by atoms with E-state index in [0.29, 0.717) is 17.5 Å². The molecule has 0 aliphatic heterocycles. The zero-order valence-corrected chi connectivity index (χ0v) is 30.7. The van der Waals surface area contributed by atoms with E-state index in [-0.39, 0.29) is 0 Å². The van der Waals surface area contributed by atoms with E-state index in [1.165, 1.54) is 16.7 Å². The standard InChI is InChI=1S/C52H35N3O/c1-34-12-8-17-39(30-34)41-19-10-21-43(32-41)51-53-50(38-26-24-37(25-27-38)35-13-4-2-5-14-35)54-52(55-51)44-28-29-46-48(33-44)56-47-23-11-22-45(49(46)47)42-20-9-18-40(31-42)36-15-6-3-7-16-36/h2-33H,1H3. The molecule has 4 heteroatoms. The number of hydrogen-bond acceptors (Lipinski definition) is 4. The molecular weight excluding hydrogens is 683 g/mol. The third-order valence-electron chi connectivity index (χ3n) is 10.4. The van der Waals surface area contributed by atoms with Crippen molar-refractivity contribution in [1.82, 2.24) is 15.0 Å². The number of fused-ring (bicyclic) bond motifs is 3. The Kier molecular flexibility index (Phi) is 8.34. The van der Waals surface area contributed by atoms with Gasteiger partial charge in [0.2, 0.25) is 0 Å². The predicted molar refractivity (Wildman–Crippen MR) is 230 cm³/mol. The van der Waals surface area contributed by atoms with E-state index in [4.69, 9.17) is 19.4 Å². The van der Waals surface area contributed by atoms with Crippen molar-refractivity contribution in [2.24, 2.45) is 0 Å². The summed E-state index contributed by atoms with van der Waals surface area (Å²) >= 11 is 0. The molecule has 0 fully saturated rings. The van der Waals surface area contributed by atoms with E-state index in [9.17, 15) is 0 Å². The molecule has 10 rings (SSSR count). The summed E-state index contributed by atoms with van der Waals surface area (Å²) in [5.74, 6) is 1.80. The normalized spacial score (nSPS) is 11.3. The summed E-state index contributed by atoms with van der Waals surface area (Å²) in [4.78, 5) is 15.3. The number of nitrogens with zero attached hydrogens (tertiary/aromatic N) is 3. The second-order valence-electron chi connectivity index (χ2n) is 14.1. The molecule has 2 heterocycles. The van der Waals surface area contributed by atoms with Gasteiger partial charge in [0.1, 0.15) is 11.2 Å². The van der Waals surface area contributed by atoms with Gasteiger partial charge in [-0.2, -0.15) is 0 Å². The average molecular weight is 718 g/mol. The second kappa shape index (κ2) is 14.1. The molecule has 4 nitrogen and oxygen atoms in total. The van der Waals surface area contributed by atoms with E-state index in [2.05, 4.69) is 183 Å². The Balaban J connectivity index is 1.09. The fraction of sp³-hybridized carbons (Fsp3) is 0.0192. The number of furan rings is 1. The van der Waals surface area contributed by atoms with Crippen LogP contribution in [0.1, 0.15) is 5.56 Å². The summed E-state index contributed by atoms with van der Waals surface area (Å²) in [7, 11) is 0. The molecule has 2 aromatic heterocycles. The van der Waals surface area contributed by atoms with Crippen LogP contribution in [0.15, 0.2) is 199 Å². The molecule has 0 aliphatic carbocycles. The highest BCUT2D eigenvalue weighted by molar-refractivity contribution is 6.13. The lowest BCUT2D eigenvalue weighted by molar-refractivity contribution is 0.669. The highest BCUT2D eigenvalue weighted by Crippen LogP contribution is 2.39. The first-order valence-electron chi connectivity index (χ1n) is 18.8. The zero-order chi connectivity index (χ0) is 37.4. The summed E-state index contributed by atoms with van der Waals surface area (Å²) in [5.41, 5.74) is 14.7. The molecule has 0 radical (unpaired) electrons. The number of benzene rings is 8. The molecule has 0 saturated heterocycles. The van der Waals surface area contributed by atoms with Crippen molar-refractivity contribution >= 4 is 21.9 Å². The third-order valence-corrected chi connectivity index (χ3v) is 10.4. The first kappa shape index (κ1) is 33.2. The summed E-state index contributed by atoms with van der Waals surface area (Å²) < 4.78 is 6.58. The Bertz CT molecular complexity index is 3020. The Morgan fingerprint density at radius 1 is 0.321 bits per heavy atom. The maximum atomic E-state index is 6.58. The number of aryl methyl sites for hydroxylation is 1. The third kappa shape index (κ3) is 6.33. The number of hydrogen-bond donors (Lipinski definition) is 0. The Morgan fingerprint density at radius 3 is 1.48 bits per heavy atom. The van der Waals surface area contributed by atoms with Gasteiger partial charge in [-0.15, -0.1) is 0 Å². The van der Waals surface area contributed by atoms with Gasteiger partial charge in [0.05, 0.1) is 0 Å².